The molecule has 0 saturated heterocycles. The number of aliphatic hydroxyl groups excluding tert-OH is 1. The minimum absolute atomic E-state index is 0.0577. The van der Waals surface area contributed by atoms with Crippen LogP contribution in [-0.2, 0) is 19.1 Å². The molecule has 0 aliphatic carbocycles. The van der Waals surface area contributed by atoms with Gasteiger partial charge in [0.05, 0.1) is 6.61 Å². The number of ether oxygens (including phenoxy) is 2. The summed E-state index contributed by atoms with van der Waals surface area (Å²) in [6, 6.07) is 0. The Labute approximate surface area is 471 Å². The summed E-state index contributed by atoms with van der Waals surface area (Å²) >= 11 is 0. The highest BCUT2D eigenvalue weighted by atomic mass is 16.6. The first kappa shape index (κ1) is 73.6. The zero-order valence-electron chi connectivity index (χ0n) is 51.4. The van der Waals surface area contributed by atoms with E-state index in [2.05, 4.69) is 26.0 Å². The maximum absolute atomic E-state index is 12.3. The average Bonchev–Trinajstić information content (AvgIpc) is 3.41. The molecule has 0 aliphatic heterocycles. The van der Waals surface area contributed by atoms with Crippen LogP contribution in [0.4, 0.5) is 0 Å². The van der Waals surface area contributed by atoms with E-state index in [0.29, 0.717) is 12.8 Å². The molecule has 75 heavy (non-hydrogen) atoms. The first-order chi connectivity index (χ1) is 37.1. The normalized spacial score (nSPS) is 12.1. The summed E-state index contributed by atoms with van der Waals surface area (Å²) in [4.78, 5) is 24.6. The lowest BCUT2D eigenvalue weighted by Gasteiger charge is -2.15. The fourth-order valence-corrected chi connectivity index (χ4v) is 11.1. The molecule has 0 saturated carbocycles. The molecular weight excluding hydrogens is 921 g/mol. The van der Waals surface area contributed by atoms with Gasteiger partial charge < -0.3 is 14.6 Å². The van der Waals surface area contributed by atoms with E-state index >= 15 is 0 Å². The molecule has 0 heterocycles. The van der Waals surface area contributed by atoms with Crippen LogP contribution in [0.25, 0.3) is 0 Å². The number of esters is 2. The Morgan fingerprint density at radius 2 is 0.493 bits per heavy atom. The molecule has 1 N–H and O–H groups in total. The molecular formula is C70H136O5. The highest BCUT2D eigenvalue weighted by Gasteiger charge is 2.16. The van der Waals surface area contributed by atoms with Crippen LogP contribution < -0.4 is 0 Å². The van der Waals surface area contributed by atoms with Crippen molar-refractivity contribution in [3.05, 3.63) is 12.2 Å². The number of allylic oxidation sites excluding steroid dienone is 2. The van der Waals surface area contributed by atoms with Gasteiger partial charge in [-0.2, -0.15) is 0 Å². The summed E-state index contributed by atoms with van der Waals surface area (Å²) in [5.41, 5.74) is 0. The smallest absolute Gasteiger partial charge is 0.306 e. The maximum atomic E-state index is 12.3. The van der Waals surface area contributed by atoms with Crippen molar-refractivity contribution in [1.82, 2.24) is 0 Å². The third kappa shape index (κ3) is 65.1. The second kappa shape index (κ2) is 66.9. The molecule has 446 valence electrons. The first-order valence-electron chi connectivity index (χ1n) is 34.7. The molecule has 0 aromatic carbocycles. The number of carbonyl (C=O) groups excluding carboxylic acids is 2. The quantitative estimate of drug-likeness (QED) is 0.0373. The number of unbranched alkanes of at least 4 members (excludes halogenated alkanes) is 56. The monoisotopic (exact) mass is 1060 g/mol. The van der Waals surface area contributed by atoms with Crippen LogP contribution in [0, 0.1) is 0 Å². The van der Waals surface area contributed by atoms with Crippen LogP contribution in [0.5, 0.6) is 0 Å². The average molecular weight is 1060 g/mol. The summed E-state index contributed by atoms with van der Waals surface area (Å²) in [5.74, 6) is -0.564. The molecule has 0 amide bonds. The minimum Gasteiger partial charge on any atom is -0.462 e. The molecule has 1 atom stereocenters. The standard InChI is InChI=1S/C70H136O5/c1-3-5-7-9-11-13-15-17-19-21-23-25-27-29-30-31-32-33-34-35-36-37-38-39-41-42-44-46-48-50-52-54-56-58-60-62-64-69(72)74-67-68(66-71)75-70(73)65-63-61-59-57-55-53-51-49-47-45-43-40-28-26-24-22-20-18-16-14-12-10-8-6-4-2/h22,24,68,71H,3-21,23,25-67H2,1-2H3/b24-22-. The van der Waals surface area contributed by atoms with Crippen LogP contribution >= 0.6 is 0 Å². The SMILES string of the molecule is CCCCCCCCCC/C=C\CCCCCCCCCCCCCCCC(=O)OC(CO)COC(=O)CCCCCCCCCCCCCCCCCCCCCCCCCCCCCCCCCCCCCC. The van der Waals surface area contributed by atoms with Gasteiger partial charge in [-0.25, -0.2) is 0 Å². The lowest BCUT2D eigenvalue weighted by molar-refractivity contribution is -0.161. The number of carbonyl (C=O) groups is 2. The number of hydrogen-bond acceptors (Lipinski definition) is 5. The van der Waals surface area contributed by atoms with Gasteiger partial charge in [0.1, 0.15) is 6.61 Å². The van der Waals surface area contributed by atoms with Crippen molar-refractivity contribution in [3.63, 3.8) is 0 Å². The molecule has 0 aromatic rings. The van der Waals surface area contributed by atoms with Crippen molar-refractivity contribution in [3.8, 4) is 0 Å². The van der Waals surface area contributed by atoms with Gasteiger partial charge in [-0.1, -0.05) is 366 Å². The van der Waals surface area contributed by atoms with E-state index in [4.69, 9.17) is 9.47 Å². The lowest BCUT2D eigenvalue weighted by atomic mass is 10.0. The van der Waals surface area contributed by atoms with Gasteiger partial charge in [-0.15, -0.1) is 0 Å². The lowest BCUT2D eigenvalue weighted by Crippen LogP contribution is -2.28. The molecule has 0 spiro atoms. The fraction of sp³-hybridized carbons (Fsp3) is 0.943. The Balaban J connectivity index is 3.36. The molecule has 0 rings (SSSR count). The van der Waals surface area contributed by atoms with Crippen molar-refractivity contribution in [1.29, 1.82) is 0 Å². The second-order valence-electron chi connectivity index (χ2n) is 24.0. The molecule has 0 bridgehead atoms. The molecule has 0 radical (unpaired) electrons. The summed E-state index contributed by atoms with van der Waals surface area (Å²) < 4.78 is 10.8. The molecule has 0 aliphatic rings. The molecule has 5 heteroatoms. The van der Waals surface area contributed by atoms with Crippen molar-refractivity contribution < 1.29 is 24.2 Å². The zero-order valence-corrected chi connectivity index (χ0v) is 51.4. The van der Waals surface area contributed by atoms with Crippen molar-refractivity contribution >= 4 is 11.9 Å². The van der Waals surface area contributed by atoms with Gasteiger partial charge in [-0.3, -0.25) is 9.59 Å². The van der Waals surface area contributed by atoms with Gasteiger partial charge in [0.2, 0.25) is 0 Å². The van der Waals surface area contributed by atoms with E-state index in [9.17, 15) is 14.7 Å². The maximum Gasteiger partial charge on any atom is 0.306 e. The van der Waals surface area contributed by atoms with Gasteiger partial charge in [0.25, 0.3) is 0 Å². The third-order valence-corrected chi connectivity index (χ3v) is 16.3. The van der Waals surface area contributed by atoms with Crippen LogP contribution in [0.2, 0.25) is 0 Å². The molecule has 5 nitrogen and oxygen atoms in total. The van der Waals surface area contributed by atoms with E-state index < -0.39 is 6.10 Å². The van der Waals surface area contributed by atoms with E-state index in [1.807, 2.05) is 0 Å². The Kier molecular flexibility index (Phi) is 65.7. The van der Waals surface area contributed by atoms with Crippen LogP contribution in [0.15, 0.2) is 12.2 Å². The van der Waals surface area contributed by atoms with Crippen LogP contribution in [0.1, 0.15) is 406 Å². The van der Waals surface area contributed by atoms with Crippen molar-refractivity contribution in [2.75, 3.05) is 13.2 Å². The highest BCUT2D eigenvalue weighted by molar-refractivity contribution is 5.70. The summed E-state index contributed by atoms with van der Waals surface area (Å²) in [6.07, 6.45) is 85.4. The van der Waals surface area contributed by atoms with Crippen molar-refractivity contribution in [2.24, 2.45) is 0 Å². The van der Waals surface area contributed by atoms with Crippen molar-refractivity contribution in [2.45, 2.75) is 412 Å². The fourth-order valence-electron chi connectivity index (χ4n) is 11.1. The second-order valence-corrected chi connectivity index (χ2v) is 24.0. The number of rotatable bonds is 66. The van der Waals surface area contributed by atoms with Gasteiger partial charge in [0, 0.05) is 12.8 Å². The van der Waals surface area contributed by atoms with Gasteiger partial charge in [-0.05, 0) is 38.5 Å². The predicted molar refractivity (Wildman–Crippen MR) is 330 cm³/mol. The van der Waals surface area contributed by atoms with Crippen LogP contribution in [-0.4, -0.2) is 36.4 Å². The summed E-state index contributed by atoms with van der Waals surface area (Å²) in [5, 5.41) is 9.69. The Morgan fingerprint density at radius 1 is 0.293 bits per heavy atom. The highest BCUT2D eigenvalue weighted by Crippen LogP contribution is 2.19. The number of hydrogen-bond donors (Lipinski definition) is 1. The Morgan fingerprint density at radius 3 is 0.720 bits per heavy atom. The third-order valence-electron chi connectivity index (χ3n) is 16.3. The first-order valence-corrected chi connectivity index (χ1v) is 34.7. The molecule has 0 aromatic heterocycles. The summed E-state index contributed by atoms with van der Waals surface area (Å²) in [7, 11) is 0. The molecule has 1 unspecified atom stereocenters. The van der Waals surface area contributed by atoms with E-state index in [1.165, 1.54) is 347 Å². The summed E-state index contributed by atoms with van der Waals surface area (Å²) in [6.45, 7) is 4.21. The zero-order chi connectivity index (χ0) is 54.1. The number of aliphatic hydroxyl groups is 1. The topological polar surface area (TPSA) is 72.8 Å². The van der Waals surface area contributed by atoms with E-state index in [1.54, 1.807) is 0 Å². The largest absolute Gasteiger partial charge is 0.462 e. The molecule has 0 fully saturated rings. The predicted octanol–water partition coefficient (Wildman–Crippen LogP) is 23.8. The van der Waals surface area contributed by atoms with E-state index in [0.717, 1.165) is 32.1 Å². The Hall–Kier alpha value is -1.36. The van der Waals surface area contributed by atoms with E-state index in [-0.39, 0.29) is 25.2 Å². The van der Waals surface area contributed by atoms with Gasteiger partial charge >= 0.3 is 11.9 Å². The van der Waals surface area contributed by atoms with Crippen LogP contribution in [0.3, 0.4) is 0 Å². The Bertz CT molecular complexity index is 1100. The van der Waals surface area contributed by atoms with Gasteiger partial charge in [0.15, 0.2) is 6.10 Å². The minimum atomic E-state index is -0.768.